The fourth-order valence-electron chi connectivity index (χ4n) is 2.33. The minimum atomic E-state index is -4.40. The summed E-state index contributed by atoms with van der Waals surface area (Å²) in [6, 6.07) is 14.7. The van der Waals surface area contributed by atoms with Crippen molar-refractivity contribution in [1.82, 2.24) is 9.78 Å². The summed E-state index contributed by atoms with van der Waals surface area (Å²) in [5, 5.41) is 8.35. The molecule has 2 N–H and O–H groups in total. The largest absolute Gasteiger partial charge is 0.435 e. The highest BCUT2D eigenvalue weighted by Gasteiger charge is 2.34. The molecule has 0 spiro atoms. The van der Waals surface area contributed by atoms with Crippen molar-refractivity contribution in [1.29, 1.82) is 0 Å². The van der Waals surface area contributed by atoms with E-state index in [0.29, 0.717) is 5.69 Å². The predicted octanol–water partition coefficient (Wildman–Crippen LogP) is 5.08. The molecule has 0 unspecified atom stereocenters. The van der Waals surface area contributed by atoms with Crippen LogP contribution in [0.5, 0.6) is 0 Å². The summed E-state index contributed by atoms with van der Waals surface area (Å²) in [6.07, 6.45) is -4.40. The van der Waals surface area contributed by atoms with Crippen molar-refractivity contribution in [3.63, 3.8) is 0 Å². The Balaban J connectivity index is 0.000000300. The minimum absolute atomic E-state index is 0.156. The van der Waals surface area contributed by atoms with E-state index < -0.39 is 21.9 Å². The summed E-state index contributed by atoms with van der Waals surface area (Å²) in [6.45, 7) is 7.81. The Bertz CT molecular complexity index is 1040. The Morgan fingerprint density at radius 2 is 1.33 bits per heavy atom. The van der Waals surface area contributed by atoms with E-state index in [1.165, 1.54) is 23.9 Å². The Hall–Kier alpha value is -2.65. The van der Waals surface area contributed by atoms with Gasteiger partial charge in [0.1, 0.15) is 0 Å². The third-order valence-electron chi connectivity index (χ3n) is 3.87. The average Bonchev–Trinajstić information content (AvgIpc) is 3.06. The van der Waals surface area contributed by atoms with Crippen LogP contribution >= 0.6 is 0 Å². The molecule has 30 heavy (non-hydrogen) atoms. The predicted molar refractivity (Wildman–Crippen MR) is 112 cm³/mol. The number of hydrogen-bond acceptors (Lipinski definition) is 3. The van der Waals surface area contributed by atoms with Crippen molar-refractivity contribution in [2.24, 2.45) is 12.2 Å². The van der Waals surface area contributed by atoms with Gasteiger partial charge in [-0.3, -0.25) is 4.68 Å². The maximum absolute atomic E-state index is 12.5. The number of primary sulfonamides is 1. The number of sulfonamides is 1. The lowest BCUT2D eigenvalue weighted by molar-refractivity contribution is -0.141. The van der Waals surface area contributed by atoms with Gasteiger partial charge in [-0.15, -0.1) is 0 Å². The number of aromatic nitrogens is 2. The highest BCUT2D eigenvalue weighted by atomic mass is 32.2. The highest BCUT2D eigenvalue weighted by Crippen LogP contribution is 2.31. The van der Waals surface area contributed by atoms with Crippen molar-refractivity contribution >= 4 is 10.0 Å². The van der Waals surface area contributed by atoms with Gasteiger partial charge in [0.25, 0.3) is 0 Å². The molecule has 9 heteroatoms. The molecule has 0 aliphatic heterocycles. The first-order valence-electron chi connectivity index (χ1n) is 9.15. The number of benzene rings is 2. The summed E-state index contributed by atoms with van der Waals surface area (Å²) in [5.41, 5.74) is 2.39. The van der Waals surface area contributed by atoms with Gasteiger partial charge >= 0.3 is 6.18 Å². The zero-order valence-corrected chi connectivity index (χ0v) is 18.3. The highest BCUT2D eigenvalue weighted by molar-refractivity contribution is 7.89. The van der Waals surface area contributed by atoms with Gasteiger partial charge in [0.05, 0.1) is 10.6 Å². The third-order valence-corrected chi connectivity index (χ3v) is 4.80. The lowest BCUT2D eigenvalue weighted by Gasteiger charge is -2.01. The molecular formula is C21H26F3N3O2S. The molecule has 3 aromatic rings. The molecule has 0 saturated heterocycles. The molecule has 0 fully saturated rings. The van der Waals surface area contributed by atoms with Crippen molar-refractivity contribution < 1.29 is 21.6 Å². The van der Waals surface area contributed by atoms with Crippen molar-refractivity contribution in [2.45, 2.75) is 38.8 Å². The average molecular weight is 442 g/mol. The first kappa shape index (κ1) is 25.4. The number of nitrogens with zero attached hydrogens (tertiary/aromatic N) is 2. The summed E-state index contributed by atoms with van der Waals surface area (Å²) in [4.78, 5) is 0.156. The Morgan fingerprint density at radius 1 is 0.900 bits per heavy atom. The molecule has 0 radical (unpaired) electrons. The molecule has 0 saturated carbocycles. The standard InChI is InChI=1S/C12H11F3N2.C7H9NO2S.C2H6/c1-8-3-5-9(6-4-8)10-7-11(12(13,14)15)16-17(10)2;1-6-2-4-7(5-3-6)11(8,9)10;1-2/h3-7H,1-2H3;2-5H,1H3,(H2,8,9,10);1-2H3. The second-order valence-electron chi connectivity index (χ2n) is 6.26. The molecule has 0 atom stereocenters. The second-order valence-corrected chi connectivity index (χ2v) is 7.82. The third kappa shape index (κ3) is 7.31. The molecular weight excluding hydrogens is 415 g/mol. The van der Waals surface area contributed by atoms with Gasteiger partial charge in [-0.05, 0) is 37.6 Å². The number of alkyl halides is 3. The summed E-state index contributed by atoms with van der Waals surface area (Å²) in [7, 11) is -2.02. The molecule has 2 aromatic carbocycles. The van der Waals surface area contributed by atoms with Crippen LogP contribution in [0.4, 0.5) is 13.2 Å². The van der Waals surface area contributed by atoms with Gasteiger partial charge in [0.2, 0.25) is 10.0 Å². The minimum Gasteiger partial charge on any atom is -0.267 e. The molecule has 1 heterocycles. The van der Waals surface area contributed by atoms with E-state index in [1.54, 1.807) is 24.3 Å². The molecule has 164 valence electrons. The Morgan fingerprint density at radius 3 is 1.70 bits per heavy atom. The van der Waals surface area contributed by atoms with Crippen LogP contribution in [0.3, 0.4) is 0 Å². The van der Waals surface area contributed by atoms with Gasteiger partial charge in [-0.25, -0.2) is 13.6 Å². The molecule has 0 bridgehead atoms. The molecule has 0 aliphatic rings. The normalized spacial score (nSPS) is 11.1. The molecule has 1 aromatic heterocycles. The maximum Gasteiger partial charge on any atom is 0.435 e. The fourth-order valence-corrected chi connectivity index (χ4v) is 2.84. The van der Waals surface area contributed by atoms with Gasteiger partial charge in [-0.1, -0.05) is 61.4 Å². The van der Waals surface area contributed by atoms with Crippen molar-refractivity contribution in [2.75, 3.05) is 0 Å². The molecule has 3 rings (SSSR count). The Kier molecular flexibility index (Phi) is 8.80. The quantitative estimate of drug-likeness (QED) is 0.602. The SMILES string of the molecule is CC.Cc1ccc(-c2cc(C(F)(F)F)nn2C)cc1.Cc1ccc(S(N)(=O)=O)cc1. The van der Waals surface area contributed by atoms with E-state index in [-0.39, 0.29) is 4.90 Å². The first-order chi connectivity index (χ1) is 13.9. The van der Waals surface area contributed by atoms with Crippen LogP contribution in [0.1, 0.15) is 30.7 Å². The Labute approximate surface area is 175 Å². The van der Waals surface area contributed by atoms with E-state index >= 15 is 0 Å². The lowest BCUT2D eigenvalue weighted by atomic mass is 10.1. The molecule has 5 nitrogen and oxygen atoms in total. The summed E-state index contributed by atoms with van der Waals surface area (Å²) < 4.78 is 60.1. The van der Waals surface area contributed by atoms with E-state index in [1.807, 2.05) is 39.8 Å². The van der Waals surface area contributed by atoms with E-state index in [4.69, 9.17) is 5.14 Å². The van der Waals surface area contributed by atoms with E-state index in [9.17, 15) is 21.6 Å². The van der Waals surface area contributed by atoms with Crippen LogP contribution in [0, 0.1) is 13.8 Å². The maximum atomic E-state index is 12.5. The van der Waals surface area contributed by atoms with Gasteiger partial charge in [0, 0.05) is 7.05 Å². The van der Waals surface area contributed by atoms with Crippen LogP contribution in [-0.2, 0) is 23.2 Å². The van der Waals surface area contributed by atoms with E-state index in [0.717, 1.165) is 22.8 Å². The van der Waals surface area contributed by atoms with Crippen LogP contribution in [0.2, 0.25) is 0 Å². The van der Waals surface area contributed by atoms with Crippen molar-refractivity contribution in [3.8, 4) is 11.3 Å². The molecule has 0 aliphatic carbocycles. The number of aryl methyl sites for hydroxylation is 3. The first-order valence-corrected chi connectivity index (χ1v) is 10.7. The summed E-state index contributed by atoms with van der Waals surface area (Å²) >= 11 is 0. The van der Waals surface area contributed by atoms with Crippen LogP contribution in [0.15, 0.2) is 59.5 Å². The zero-order valence-electron chi connectivity index (χ0n) is 17.5. The van der Waals surface area contributed by atoms with Crippen molar-refractivity contribution in [3.05, 3.63) is 71.4 Å². The van der Waals surface area contributed by atoms with Gasteiger partial charge in [0.15, 0.2) is 5.69 Å². The smallest absolute Gasteiger partial charge is 0.267 e. The monoisotopic (exact) mass is 441 g/mol. The number of rotatable bonds is 2. The van der Waals surface area contributed by atoms with Crippen LogP contribution < -0.4 is 5.14 Å². The number of nitrogens with two attached hydrogens (primary N) is 1. The molecule has 0 amide bonds. The number of hydrogen-bond donors (Lipinski definition) is 1. The lowest BCUT2D eigenvalue weighted by Crippen LogP contribution is -2.11. The number of halogens is 3. The fraction of sp³-hybridized carbons (Fsp3) is 0.286. The van der Waals surface area contributed by atoms with Crippen LogP contribution in [-0.4, -0.2) is 18.2 Å². The van der Waals surface area contributed by atoms with Crippen LogP contribution in [0.25, 0.3) is 11.3 Å². The van der Waals surface area contributed by atoms with Gasteiger partial charge in [-0.2, -0.15) is 18.3 Å². The van der Waals surface area contributed by atoms with E-state index in [2.05, 4.69) is 5.10 Å². The van der Waals surface area contributed by atoms with Gasteiger partial charge < -0.3 is 0 Å². The second kappa shape index (κ2) is 10.4. The zero-order chi connectivity index (χ0) is 23.1. The summed E-state index contributed by atoms with van der Waals surface area (Å²) in [5.74, 6) is 0. The topological polar surface area (TPSA) is 78.0 Å².